The quantitative estimate of drug-likeness (QED) is 0.369. The molecule has 1 heterocycles. The van der Waals surface area contributed by atoms with Crippen LogP contribution in [0.1, 0.15) is 18.3 Å². The van der Waals surface area contributed by atoms with Crippen molar-refractivity contribution in [3.63, 3.8) is 0 Å². The zero-order valence-electron chi connectivity index (χ0n) is 17.3. The third-order valence-corrected chi connectivity index (χ3v) is 5.35. The van der Waals surface area contributed by atoms with Crippen molar-refractivity contribution in [3.05, 3.63) is 65.7 Å². The normalized spacial score (nSPS) is 11.3. The zero-order valence-corrected chi connectivity index (χ0v) is 18.1. The lowest BCUT2D eigenvalue weighted by molar-refractivity contribution is -0.137. The molecule has 3 aromatic rings. The van der Waals surface area contributed by atoms with Gasteiger partial charge in [0.2, 0.25) is 11.8 Å². The molecule has 0 atom stereocenters. The van der Waals surface area contributed by atoms with Crippen molar-refractivity contribution in [1.82, 2.24) is 14.8 Å². The van der Waals surface area contributed by atoms with Crippen molar-refractivity contribution >= 4 is 35.0 Å². The molecule has 2 amide bonds. The number of anilines is 2. The maximum atomic E-state index is 13.7. The van der Waals surface area contributed by atoms with Gasteiger partial charge in [-0.2, -0.15) is 13.2 Å². The summed E-state index contributed by atoms with van der Waals surface area (Å²) in [6.07, 6.45) is -4.67. The van der Waals surface area contributed by atoms with Crippen LogP contribution in [0, 0.1) is 5.82 Å². The summed E-state index contributed by atoms with van der Waals surface area (Å²) in [5, 5.41) is 13.2. The van der Waals surface area contributed by atoms with E-state index < -0.39 is 29.4 Å². The highest BCUT2D eigenvalue weighted by molar-refractivity contribution is 7.99. The molecule has 0 unspecified atom stereocenters. The van der Waals surface area contributed by atoms with E-state index in [4.69, 9.17) is 0 Å². The first-order valence-corrected chi connectivity index (χ1v) is 10.7. The number of alkyl halides is 3. The summed E-state index contributed by atoms with van der Waals surface area (Å²) >= 11 is 1.03. The Hall–Kier alpha value is -3.41. The summed E-state index contributed by atoms with van der Waals surface area (Å²) in [4.78, 5) is 24.5. The van der Waals surface area contributed by atoms with Crippen LogP contribution in [-0.4, -0.2) is 32.3 Å². The summed E-state index contributed by atoms with van der Waals surface area (Å²) in [6, 6.07) is 10.1. The number of aromatic nitrogens is 3. The molecule has 0 aliphatic rings. The van der Waals surface area contributed by atoms with Crippen LogP contribution in [-0.2, 0) is 28.7 Å². The summed E-state index contributed by atoms with van der Waals surface area (Å²) in [6.45, 7) is 2.21. The molecule has 174 valence electrons. The molecule has 0 fully saturated rings. The van der Waals surface area contributed by atoms with Crippen molar-refractivity contribution in [2.75, 3.05) is 16.4 Å². The van der Waals surface area contributed by atoms with E-state index >= 15 is 0 Å². The Kier molecular flexibility index (Phi) is 7.69. The summed E-state index contributed by atoms with van der Waals surface area (Å²) in [5.41, 5.74) is -0.791. The van der Waals surface area contributed by atoms with Gasteiger partial charge in [-0.05, 0) is 37.3 Å². The topological polar surface area (TPSA) is 88.9 Å². The number of hydrogen-bond donors (Lipinski definition) is 2. The molecular formula is C21H19F4N5O2S. The standard InChI is InChI=1S/C21H19F4N5O2S/c1-2-30-17(11-18(31)27-16-9-4-3-8-15(16)22)28-29-20(30)33-12-19(32)26-14-7-5-6-13(10-14)21(23,24)25/h3-10H,2,11-12H2,1H3,(H,26,32)(H,27,31). The van der Waals surface area contributed by atoms with Crippen LogP contribution in [0.3, 0.4) is 0 Å². The largest absolute Gasteiger partial charge is 0.416 e. The Bertz CT molecular complexity index is 1150. The Morgan fingerprint density at radius 2 is 1.79 bits per heavy atom. The number of rotatable bonds is 8. The molecule has 0 saturated heterocycles. The first-order valence-electron chi connectivity index (χ1n) is 9.73. The first kappa shape index (κ1) is 24.2. The lowest BCUT2D eigenvalue weighted by Gasteiger charge is -2.10. The number of carbonyl (C=O) groups is 2. The number of amides is 2. The van der Waals surface area contributed by atoms with Gasteiger partial charge in [-0.3, -0.25) is 9.59 Å². The molecule has 3 rings (SSSR count). The minimum Gasteiger partial charge on any atom is -0.325 e. The molecule has 0 aliphatic carbocycles. The monoisotopic (exact) mass is 481 g/mol. The fraction of sp³-hybridized carbons (Fsp3) is 0.238. The van der Waals surface area contributed by atoms with Gasteiger partial charge in [-0.1, -0.05) is 30.0 Å². The van der Waals surface area contributed by atoms with E-state index in [1.54, 1.807) is 17.6 Å². The van der Waals surface area contributed by atoms with Gasteiger partial charge in [-0.25, -0.2) is 4.39 Å². The van der Waals surface area contributed by atoms with Crippen LogP contribution < -0.4 is 10.6 Å². The van der Waals surface area contributed by atoms with Crippen LogP contribution >= 0.6 is 11.8 Å². The number of para-hydroxylation sites is 1. The van der Waals surface area contributed by atoms with Gasteiger partial charge in [0.1, 0.15) is 11.6 Å². The average Bonchev–Trinajstić information content (AvgIpc) is 3.14. The van der Waals surface area contributed by atoms with Gasteiger partial charge in [0, 0.05) is 12.2 Å². The smallest absolute Gasteiger partial charge is 0.325 e. The SMILES string of the molecule is CCn1c(CC(=O)Nc2ccccc2F)nnc1SCC(=O)Nc1cccc(C(F)(F)F)c1. The molecule has 0 saturated carbocycles. The Labute approximate surface area is 190 Å². The lowest BCUT2D eigenvalue weighted by atomic mass is 10.2. The molecule has 2 aromatic carbocycles. The third-order valence-electron chi connectivity index (χ3n) is 4.38. The van der Waals surface area contributed by atoms with E-state index in [-0.39, 0.29) is 23.5 Å². The Morgan fingerprint density at radius 3 is 2.48 bits per heavy atom. The van der Waals surface area contributed by atoms with Crippen molar-refractivity contribution < 1.29 is 27.2 Å². The second-order valence-corrected chi connectivity index (χ2v) is 7.71. The predicted molar refractivity (Wildman–Crippen MR) is 115 cm³/mol. The third kappa shape index (κ3) is 6.54. The van der Waals surface area contributed by atoms with E-state index in [0.29, 0.717) is 17.5 Å². The lowest BCUT2D eigenvalue weighted by Crippen LogP contribution is -2.18. The summed E-state index contributed by atoms with van der Waals surface area (Å²) < 4.78 is 53.8. The summed E-state index contributed by atoms with van der Waals surface area (Å²) in [7, 11) is 0. The molecular weight excluding hydrogens is 462 g/mol. The minimum absolute atomic E-state index is 0.0258. The van der Waals surface area contributed by atoms with E-state index in [9.17, 15) is 27.2 Å². The number of thioether (sulfide) groups is 1. The van der Waals surface area contributed by atoms with Crippen molar-refractivity contribution in [2.24, 2.45) is 0 Å². The van der Waals surface area contributed by atoms with Crippen molar-refractivity contribution in [1.29, 1.82) is 0 Å². The second-order valence-electron chi connectivity index (χ2n) is 6.76. The van der Waals surface area contributed by atoms with Crippen LogP contribution in [0.15, 0.2) is 53.7 Å². The molecule has 12 heteroatoms. The van der Waals surface area contributed by atoms with Gasteiger partial charge in [0.05, 0.1) is 23.4 Å². The van der Waals surface area contributed by atoms with Gasteiger partial charge in [0.15, 0.2) is 5.16 Å². The van der Waals surface area contributed by atoms with Gasteiger partial charge in [-0.15, -0.1) is 10.2 Å². The molecule has 0 radical (unpaired) electrons. The van der Waals surface area contributed by atoms with Gasteiger partial charge < -0.3 is 15.2 Å². The van der Waals surface area contributed by atoms with Crippen LogP contribution in [0.25, 0.3) is 0 Å². The maximum Gasteiger partial charge on any atom is 0.416 e. The summed E-state index contributed by atoms with van der Waals surface area (Å²) in [5.74, 6) is -1.38. The van der Waals surface area contributed by atoms with Gasteiger partial charge in [0.25, 0.3) is 0 Å². The fourth-order valence-electron chi connectivity index (χ4n) is 2.88. The highest BCUT2D eigenvalue weighted by Gasteiger charge is 2.30. The van der Waals surface area contributed by atoms with Crippen molar-refractivity contribution in [2.45, 2.75) is 31.2 Å². The molecule has 1 aromatic heterocycles. The Balaban J connectivity index is 1.59. The van der Waals surface area contributed by atoms with E-state index in [0.717, 1.165) is 23.9 Å². The molecule has 33 heavy (non-hydrogen) atoms. The molecule has 0 bridgehead atoms. The van der Waals surface area contributed by atoms with E-state index in [1.165, 1.54) is 30.3 Å². The molecule has 2 N–H and O–H groups in total. The predicted octanol–water partition coefficient (Wildman–Crippen LogP) is 4.37. The van der Waals surface area contributed by atoms with E-state index in [1.807, 2.05) is 0 Å². The first-order chi connectivity index (χ1) is 15.7. The number of halogens is 4. The minimum atomic E-state index is -4.51. The van der Waals surface area contributed by atoms with Crippen LogP contribution in [0.4, 0.5) is 28.9 Å². The van der Waals surface area contributed by atoms with Crippen LogP contribution in [0.5, 0.6) is 0 Å². The molecule has 0 spiro atoms. The Morgan fingerprint density at radius 1 is 1.03 bits per heavy atom. The number of nitrogens with one attached hydrogen (secondary N) is 2. The van der Waals surface area contributed by atoms with Gasteiger partial charge >= 0.3 is 6.18 Å². The molecule has 0 aliphatic heterocycles. The highest BCUT2D eigenvalue weighted by atomic mass is 32.2. The number of hydrogen-bond acceptors (Lipinski definition) is 5. The number of nitrogens with zero attached hydrogens (tertiary/aromatic N) is 3. The second kappa shape index (κ2) is 10.5. The molecule has 7 nitrogen and oxygen atoms in total. The maximum absolute atomic E-state index is 13.7. The van der Waals surface area contributed by atoms with Crippen LogP contribution in [0.2, 0.25) is 0 Å². The fourth-order valence-corrected chi connectivity index (χ4v) is 3.70. The highest BCUT2D eigenvalue weighted by Crippen LogP contribution is 2.30. The number of benzene rings is 2. The average molecular weight is 481 g/mol. The number of carbonyl (C=O) groups excluding carboxylic acids is 2. The van der Waals surface area contributed by atoms with E-state index in [2.05, 4.69) is 20.8 Å². The zero-order chi connectivity index (χ0) is 24.0. The van der Waals surface area contributed by atoms with Crippen molar-refractivity contribution in [3.8, 4) is 0 Å².